The molecule has 0 radical (unpaired) electrons. The van der Waals surface area contributed by atoms with Crippen LogP contribution in [0.15, 0.2) is 85.2 Å². The Morgan fingerprint density at radius 3 is 2.62 bits per heavy atom. The number of thiocarbonyl (C=S) groups is 1. The Kier molecular flexibility index (Phi) is 7.46. The van der Waals surface area contributed by atoms with Crippen molar-refractivity contribution >= 4 is 52.1 Å². The number of nitrogens with zero attached hydrogens (tertiary/aromatic N) is 3. The normalized spacial score (nSPS) is 17.1. The number of hydrogen-bond acceptors (Lipinski definition) is 3. The van der Waals surface area contributed by atoms with Gasteiger partial charge in [0.05, 0.1) is 28.5 Å². The molecule has 0 spiro atoms. The third-order valence-electron chi connectivity index (χ3n) is 6.37. The predicted molar refractivity (Wildman–Crippen MR) is 152 cm³/mol. The molecule has 1 fully saturated rings. The summed E-state index contributed by atoms with van der Waals surface area (Å²) in [6.07, 6.45) is 4.00. The van der Waals surface area contributed by atoms with Gasteiger partial charge in [-0.15, -0.1) is 0 Å². The van der Waals surface area contributed by atoms with E-state index >= 15 is 0 Å². The second-order valence-corrected chi connectivity index (χ2v) is 10.1. The summed E-state index contributed by atoms with van der Waals surface area (Å²) in [6.45, 7) is 2.44. The van der Waals surface area contributed by atoms with Gasteiger partial charge in [0.2, 0.25) is 5.91 Å². The number of pyridine rings is 1. The summed E-state index contributed by atoms with van der Waals surface area (Å²) < 4.78 is 2.04. The van der Waals surface area contributed by atoms with Crippen molar-refractivity contribution in [3.63, 3.8) is 0 Å². The zero-order valence-corrected chi connectivity index (χ0v) is 22.4. The maximum atomic E-state index is 12.8. The maximum absolute atomic E-state index is 12.8. The lowest BCUT2D eigenvalue weighted by atomic mass is 10.0. The number of amides is 1. The molecule has 1 aliphatic rings. The van der Waals surface area contributed by atoms with Gasteiger partial charge in [0, 0.05) is 41.8 Å². The molecule has 0 saturated carbocycles. The molecule has 9 heteroatoms. The summed E-state index contributed by atoms with van der Waals surface area (Å²) in [6, 6.07) is 22.6. The summed E-state index contributed by atoms with van der Waals surface area (Å²) in [4.78, 5) is 19.5. The molecule has 1 saturated heterocycles. The molecule has 1 aliphatic heterocycles. The number of halogens is 2. The molecule has 0 aliphatic carbocycles. The van der Waals surface area contributed by atoms with Crippen molar-refractivity contribution in [3.05, 3.63) is 112 Å². The van der Waals surface area contributed by atoms with Gasteiger partial charge in [-0.1, -0.05) is 47.0 Å². The molecule has 0 bridgehead atoms. The van der Waals surface area contributed by atoms with Crippen LogP contribution in [0.1, 0.15) is 35.5 Å². The Labute approximate surface area is 231 Å². The number of nitrogens with one attached hydrogen (secondary N) is 2. The van der Waals surface area contributed by atoms with Gasteiger partial charge in [-0.05, 0) is 73.7 Å². The third-order valence-corrected chi connectivity index (χ3v) is 7.26. The first kappa shape index (κ1) is 25.3. The van der Waals surface area contributed by atoms with Crippen molar-refractivity contribution in [1.29, 1.82) is 0 Å². The van der Waals surface area contributed by atoms with Crippen LogP contribution in [0.3, 0.4) is 0 Å². The maximum Gasteiger partial charge on any atom is 0.226 e. The molecule has 6 nitrogen and oxygen atoms in total. The van der Waals surface area contributed by atoms with Gasteiger partial charge in [-0.2, -0.15) is 0 Å². The number of benzene rings is 2. The summed E-state index contributed by atoms with van der Waals surface area (Å²) >= 11 is 18.5. The summed E-state index contributed by atoms with van der Waals surface area (Å²) in [5.41, 5.74) is 4.54. The monoisotopic (exact) mass is 549 g/mol. The molecule has 188 valence electrons. The topological polar surface area (TPSA) is 62.2 Å². The minimum absolute atomic E-state index is 0.0807. The Hall–Kier alpha value is -3.39. The van der Waals surface area contributed by atoms with E-state index in [1.54, 1.807) is 12.3 Å². The Morgan fingerprint density at radius 1 is 1.08 bits per heavy atom. The van der Waals surface area contributed by atoms with Crippen molar-refractivity contribution in [2.75, 3.05) is 11.9 Å². The fourth-order valence-electron chi connectivity index (χ4n) is 4.58. The molecular weight excluding hydrogens is 525 g/mol. The average molecular weight is 551 g/mol. The van der Waals surface area contributed by atoms with Crippen LogP contribution >= 0.6 is 35.4 Å². The smallest absolute Gasteiger partial charge is 0.226 e. The van der Waals surface area contributed by atoms with Crippen LogP contribution in [0.2, 0.25) is 10.0 Å². The number of aryl methyl sites for hydroxylation is 1. The summed E-state index contributed by atoms with van der Waals surface area (Å²) in [5, 5.41) is 8.09. The van der Waals surface area contributed by atoms with Gasteiger partial charge in [-0.3, -0.25) is 9.78 Å². The molecule has 2 aromatic carbocycles. The lowest BCUT2D eigenvalue weighted by Crippen LogP contribution is -2.33. The molecule has 2 atom stereocenters. The van der Waals surface area contributed by atoms with Crippen molar-refractivity contribution in [3.8, 4) is 5.69 Å². The first-order valence-corrected chi connectivity index (χ1v) is 13.0. The molecule has 37 heavy (non-hydrogen) atoms. The molecule has 0 unspecified atom stereocenters. The zero-order valence-electron chi connectivity index (χ0n) is 20.1. The van der Waals surface area contributed by atoms with E-state index in [0.717, 1.165) is 28.3 Å². The fourth-order valence-corrected chi connectivity index (χ4v) is 5.41. The van der Waals surface area contributed by atoms with Crippen LogP contribution in [0.4, 0.5) is 5.69 Å². The SMILES string of the molecule is Cc1ccc(NC(=O)CCN2C(=S)N[C@H](c3ccccn3)[C@H]2c2cccn2-c2ccc(Cl)cc2Cl)cc1. The number of aromatic nitrogens is 2. The van der Waals surface area contributed by atoms with Crippen LogP contribution in [0, 0.1) is 6.92 Å². The van der Waals surface area contributed by atoms with Crippen LogP contribution in [-0.2, 0) is 4.79 Å². The van der Waals surface area contributed by atoms with Crippen molar-refractivity contribution in [2.45, 2.75) is 25.4 Å². The van der Waals surface area contributed by atoms with E-state index in [2.05, 4.69) is 20.5 Å². The summed E-state index contributed by atoms with van der Waals surface area (Å²) in [5.74, 6) is -0.0807. The first-order valence-electron chi connectivity index (χ1n) is 11.9. The van der Waals surface area contributed by atoms with E-state index in [1.165, 1.54) is 0 Å². The first-order chi connectivity index (χ1) is 17.9. The largest absolute Gasteiger partial charge is 0.352 e. The zero-order chi connectivity index (χ0) is 25.9. The van der Waals surface area contributed by atoms with E-state index in [0.29, 0.717) is 21.7 Å². The lowest BCUT2D eigenvalue weighted by Gasteiger charge is -2.29. The van der Waals surface area contributed by atoms with Crippen molar-refractivity contribution in [1.82, 2.24) is 19.8 Å². The Morgan fingerprint density at radius 2 is 1.89 bits per heavy atom. The molecular formula is C28H25Cl2N5OS. The minimum atomic E-state index is -0.226. The van der Waals surface area contributed by atoms with Gasteiger partial charge < -0.3 is 20.1 Å². The number of rotatable bonds is 7. The minimum Gasteiger partial charge on any atom is -0.352 e. The number of hydrogen-bond donors (Lipinski definition) is 2. The quantitative estimate of drug-likeness (QED) is 0.258. The fraction of sp³-hybridized carbons (Fsp3) is 0.179. The molecule has 3 heterocycles. The van der Waals surface area contributed by atoms with Gasteiger partial charge in [0.1, 0.15) is 0 Å². The van der Waals surface area contributed by atoms with Crippen LogP contribution in [0.5, 0.6) is 0 Å². The molecule has 4 aromatic rings. The van der Waals surface area contributed by atoms with Gasteiger partial charge in [0.25, 0.3) is 0 Å². The molecule has 2 N–H and O–H groups in total. The van der Waals surface area contributed by atoms with E-state index in [4.69, 9.17) is 35.4 Å². The van der Waals surface area contributed by atoms with E-state index in [-0.39, 0.29) is 24.4 Å². The molecule has 5 rings (SSSR count). The highest BCUT2D eigenvalue weighted by atomic mass is 35.5. The molecule has 1 amide bonds. The van der Waals surface area contributed by atoms with Gasteiger partial charge >= 0.3 is 0 Å². The Bertz CT molecular complexity index is 1420. The number of carbonyl (C=O) groups excluding carboxylic acids is 1. The summed E-state index contributed by atoms with van der Waals surface area (Å²) in [7, 11) is 0. The number of carbonyl (C=O) groups is 1. The molecule has 2 aromatic heterocycles. The second-order valence-electron chi connectivity index (χ2n) is 8.88. The highest BCUT2D eigenvalue weighted by Crippen LogP contribution is 2.40. The highest BCUT2D eigenvalue weighted by molar-refractivity contribution is 7.80. The van der Waals surface area contributed by atoms with E-state index < -0.39 is 0 Å². The predicted octanol–water partition coefficient (Wildman–Crippen LogP) is 6.49. The Balaban J connectivity index is 1.45. The van der Waals surface area contributed by atoms with Crippen molar-refractivity contribution < 1.29 is 4.79 Å². The van der Waals surface area contributed by atoms with Crippen molar-refractivity contribution in [2.24, 2.45) is 0 Å². The van der Waals surface area contributed by atoms with E-state index in [1.807, 2.05) is 84.4 Å². The standard InChI is InChI=1S/C28H25Cl2N5OS/c1-18-7-10-20(11-8-18)32-25(36)13-16-35-27(26(33-28(35)37)22-5-2-3-14-31-22)24-6-4-15-34(24)23-12-9-19(29)17-21(23)30/h2-12,14-15,17,26-27H,13,16H2,1H3,(H,32,36)(H,33,37)/t26-,27-/m1/s1. The third kappa shape index (κ3) is 5.49. The highest BCUT2D eigenvalue weighted by Gasteiger charge is 2.41. The second kappa shape index (κ2) is 10.9. The number of anilines is 1. The van der Waals surface area contributed by atoms with Gasteiger partial charge in [-0.25, -0.2) is 0 Å². The van der Waals surface area contributed by atoms with E-state index in [9.17, 15) is 4.79 Å². The average Bonchev–Trinajstić information content (AvgIpc) is 3.48. The van der Waals surface area contributed by atoms with Crippen LogP contribution in [0.25, 0.3) is 5.69 Å². The van der Waals surface area contributed by atoms with Gasteiger partial charge in [0.15, 0.2) is 5.11 Å². The van der Waals surface area contributed by atoms with Crippen LogP contribution in [-0.4, -0.2) is 32.0 Å². The van der Waals surface area contributed by atoms with Crippen LogP contribution < -0.4 is 10.6 Å². The lowest BCUT2D eigenvalue weighted by molar-refractivity contribution is -0.116.